The third-order valence-electron chi connectivity index (χ3n) is 3.24. The second-order valence-electron chi connectivity index (χ2n) is 4.63. The van der Waals surface area contributed by atoms with Gasteiger partial charge in [-0.05, 0) is 25.0 Å². The zero-order valence-electron chi connectivity index (χ0n) is 9.87. The molecule has 0 bridgehead atoms. The summed E-state index contributed by atoms with van der Waals surface area (Å²) in [6.45, 7) is 0. The van der Waals surface area contributed by atoms with Crippen LogP contribution >= 0.6 is 0 Å². The molecule has 0 amide bonds. The van der Waals surface area contributed by atoms with Crippen LogP contribution in [0.3, 0.4) is 0 Å². The molecule has 1 aliphatic rings. The van der Waals surface area contributed by atoms with Gasteiger partial charge in [-0.1, -0.05) is 12.8 Å². The number of pyridine rings is 1. The van der Waals surface area contributed by atoms with Crippen molar-refractivity contribution in [2.75, 3.05) is 5.32 Å². The van der Waals surface area contributed by atoms with Gasteiger partial charge in [0.25, 0.3) is 0 Å². The number of halogens is 3. The van der Waals surface area contributed by atoms with E-state index in [0.29, 0.717) is 5.82 Å². The van der Waals surface area contributed by atoms with E-state index in [-0.39, 0.29) is 12.1 Å². The molecule has 1 aliphatic carbocycles. The van der Waals surface area contributed by atoms with Crippen molar-refractivity contribution in [1.82, 2.24) is 4.98 Å². The molecule has 18 heavy (non-hydrogen) atoms. The molecule has 1 aromatic rings. The Morgan fingerprint density at radius 1 is 1.22 bits per heavy atom. The molecule has 0 radical (unpaired) electrons. The zero-order valence-corrected chi connectivity index (χ0v) is 9.87. The predicted octanol–water partition coefficient (Wildman–Crippen LogP) is 2.78. The van der Waals surface area contributed by atoms with E-state index >= 15 is 0 Å². The summed E-state index contributed by atoms with van der Waals surface area (Å²) in [5.41, 5.74) is 5.22. The fraction of sp³-hybridized carbons (Fsp3) is 0.583. The average molecular weight is 259 g/mol. The highest BCUT2D eigenvalue weighted by Crippen LogP contribution is 2.29. The molecule has 3 N–H and O–H groups in total. The zero-order chi connectivity index (χ0) is 13.2. The molecular formula is C12H16F3N3. The van der Waals surface area contributed by atoms with Gasteiger partial charge in [0, 0.05) is 18.3 Å². The summed E-state index contributed by atoms with van der Waals surface area (Å²) in [6, 6.07) is 2.53. The largest absolute Gasteiger partial charge is 0.417 e. The molecule has 2 atom stereocenters. The molecule has 1 saturated carbocycles. The minimum Gasteiger partial charge on any atom is -0.366 e. The summed E-state index contributed by atoms with van der Waals surface area (Å²) in [6.07, 6.45) is 0.581. The quantitative estimate of drug-likeness (QED) is 0.858. The van der Waals surface area contributed by atoms with Crippen molar-refractivity contribution < 1.29 is 13.2 Å². The number of hydrogen-bond donors (Lipinski definition) is 2. The van der Waals surface area contributed by atoms with Crippen LogP contribution in [0.2, 0.25) is 0 Å². The Morgan fingerprint density at radius 2 is 1.94 bits per heavy atom. The van der Waals surface area contributed by atoms with Gasteiger partial charge in [-0.3, -0.25) is 0 Å². The molecule has 1 fully saturated rings. The van der Waals surface area contributed by atoms with Gasteiger partial charge in [0.1, 0.15) is 5.82 Å². The number of anilines is 1. The van der Waals surface area contributed by atoms with Crippen molar-refractivity contribution in [2.24, 2.45) is 5.73 Å². The van der Waals surface area contributed by atoms with Crippen LogP contribution in [-0.2, 0) is 6.18 Å². The Labute approximate surface area is 104 Å². The van der Waals surface area contributed by atoms with Crippen molar-refractivity contribution in [3.63, 3.8) is 0 Å². The first-order valence-corrected chi connectivity index (χ1v) is 6.02. The summed E-state index contributed by atoms with van der Waals surface area (Å²) < 4.78 is 37.1. The van der Waals surface area contributed by atoms with Crippen LogP contribution < -0.4 is 11.1 Å². The van der Waals surface area contributed by atoms with Crippen LogP contribution in [0.5, 0.6) is 0 Å². The normalized spacial score (nSPS) is 24.9. The van der Waals surface area contributed by atoms with Gasteiger partial charge < -0.3 is 11.1 Å². The van der Waals surface area contributed by atoms with E-state index in [0.717, 1.165) is 37.9 Å². The molecule has 1 aromatic heterocycles. The Kier molecular flexibility index (Phi) is 3.75. The molecule has 3 nitrogen and oxygen atoms in total. The fourth-order valence-electron chi connectivity index (χ4n) is 2.18. The summed E-state index contributed by atoms with van der Waals surface area (Å²) >= 11 is 0. The van der Waals surface area contributed by atoms with Gasteiger partial charge in [0.05, 0.1) is 5.56 Å². The van der Waals surface area contributed by atoms with Crippen LogP contribution in [0.15, 0.2) is 18.3 Å². The van der Waals surface area contributed by atoms with Gasteiger partial charge in [-0.2, -0.15) is 13.2 Å². The van der Waals surface area contributed by atoms with Crippen LogP contribution in [-0.4, -0.2) is 17.1 Å². The van der Waals surface area contributed by atoms with Gasteiger partial charge in [0.15, 0.2) is 0 Å². The van der Waals surface area contributed by atoms with Crippen LogP contribution in [0.25, 0.3) is 0 Å². The maximum Gasteiger partial charge on any atom is 0.417 e. The fourth-order valence-corrected chi connectivity index (χ4v) is 2.18. The van der Waals surface area contributed by atoms with Crippen LogP contribution in [0.1, 0.15) is 31.2 Å². The number of nitrogens with two attached hydrogens (primary N) is 1. The second kappa shape index (κ2) is 5.14. The maximum atomic E-state index is 12.4. The predicted molar refractivity (Wildman–Crippen MR) is 63.1 cm³/mol. The monoisotopic (exact) mass is 259 g/mol. The van der Waals surface area contributed by atoms with E-state index in [1.807, 2.05) is 0 Å². The molecule has 1 heterocycles. The first kappa shape index (κ1) is 13.1. The third kappa shape index (κ3) is 3.13. The Hall–Kier alpha value is -1.30. The topological polar surface area (TPSA) is 50.9 Å². The molecule has 0 aliphatic heterocycles. The lowest BCUT2D eigenvalue weighted by molar-refractivity contribution is -0.137. The van der Waals surface area contributed by atoms with Crippen molar-refractivity contribution in [2.45, 2.75) is 43.9 Å². The van der Waals surface area contributed by atoms with E-state index in [2.05, 4.69) is 10.3 Å². The molecular weight excluding hydrogens is 243 g/mol. The molecule has 0 spiro atoms. The lowest BCUT2D eigenvalue weighted by Gasteiger charge is -2.29. The highest BCUT2D eigenvalue weighted by molar-refractivity contribution is 5.37. The highest BCUT2D eigenvalue weighted by atomic mass is 19.4. The summed E-state index contributed by atoms with van der Waals surface area (Å²) in [5, 5.41) is 3.11. The average Bonchev–Trinajstić information content (AvgIpc) is 2.32. The Balaban J connectivity index is 2.02. The minimum absolute atomic E-state index is 0.0443. The molecule has 0 aromatic carbocycles. The van der Waals surface area contributed by atoms with Gasteiger partial charge in [-0.15, -0.1) is 0 Å². The van der Waals surface area contributed by atoms with E-state index in [1.165, 1.54) is 6.07 Å². The molecule has 100 valence electrons. The number of hydrogen-bond acceptors (Lipinski definition) is 3. The molecule has 0 saturated heterocycles. The van der Waals surface area contributed by atoms with Crippen LogP contribution in [0.4, 0.5) is 19.0 Å². The van der Waals surface area contributed by atoms with Crippen LogP contribution in [0, 0.1) is 0 Å². The smallest absolute Gasteiger partial charge is 0.366 e. The maximum absolute atomic E-state index is 12.4. The Bertz CT molecular complexity index is 389. The number of nitrogens with zero attached hydrogens (tertiary/aromatic N) is 1. The first-order valence-electron chi connectivity index (χ1n) is 6.02. The molecule has 6 heteroatoms. The Morgan fingerprint density at radius 3 is 2.50 bits per heavy atom. The summed E-state index contributed by atoms with van der Waals surface area (Å²) in [4.78, 5) is 3.79. The molecule has 2 unspecified atom stereocenters. The van der Waals surface area contributed by atoms with E-state index in [1.54, 1.807) is 0 Å². The first-order chi connectivity index (χ1) is 8.47. The van der Waals surface area contributed by atoms with Gasteiger partial charge >= 0.3 is 6.18 Å². The van der Waals surface area contributed by atoms with E-state index in [4.69, 9.17) is 5.73 Å². The van der Waals surface area contributed by atoms with Crippen molar-refractivity contribution in [3.8, 4) is 0 Å². The lowest BCUT2D eigenvalue weighted by Crippen LogP contribution is -2.42. The van der Waals surface area contributed by atoms with Crippen molar-refractivity contribution in [1.29, 1.82) is 0 Å². The molecule has 2 rings (SSSR count). The van der Waals surface area contributed by atoms with Crippen molar-refractivity contribution in [3.05, 3.63) is 23.9 Å². The number of nitrogens with one attached hydrogen (secondary N) is 1. The third-order valence-corrected chi connectivity index (χ3v) is 3.24. The SMILES string of the molecule is NC1CCCCC1Nc1ccc(C(F)(F)F)cn1. The van der Waals surface area contributed by atoms with Gasteiger partial charge in [-0.25, -0.2) is 4.98 Å². The van der Waals surface area contributed by atoms with E-state index in [9.17, 15) is 13.2 Å². The minimum atomic E-state index is -4.34. The summed E-state index contributed by atoms with van der Waals surface area (Å²) in [5.74, 6) is 0.449. The van der Waals surface area contributed by atoms with Gasteiger partial charge in [0.2, 0.25) is 0 Å². The standard InChI is InChI=1S/C12H16F3N3/c13-12(14,15)8-5-6-11(17-7-8)18-10-4-2-1-3-9(10)16/h5-7,9-10H,1-4,16H2,(H,17,18). The lowest BCUT2D eigenvalue weighted by atomic mass is 9.91. The number of rotatable bonds is 2. The van der Waals surface area contributed by atoms with E-state index < -0.39 is 11.7 Å². The summed E-state index contributed by atoms with van der Waals surface area (Å²) in [7, 11) is 0. The second-order valence-corrected chi connectivity index (χ2v) is 4.63. The highest BCUT2D eigenvalue weighted by Gasteiger charge is 2.30. The number of alkyl halides is 3. The number of aromatic nitrogens is 1. The van der Waals surface area contributed by atoms with Crippen molar-refractivity contribution >= 4 is 5.82 Å².